The number of carbonyl (C=O) groups is 1. The van der Waals surface area contributed by atoms with Crippen molar-refractivity contribution in [1.82, 2.24) is 0 Å². The number of nitrogens with zero attached hydrogens (tertiary/aromatic N) is 1. The van der Waals surface area contributed by atoms with Gasteiger partial charge in [0.05, 0.1) is 5.71 Å². The van der Waals surface area contributed by atoms with Crippen LogP contribution in [0, 0.1) is 34.5 Å². The van der Waals surface area contributed by atoms with Crippen LogP contribution < -0.4 is 0 Å². The van der Waals surface area contributed by atoms with Crippen LogP contribution in [0.3, 0.4) is 0 Å². The van der Waals surface area contributed by atoms with Gasteiger partial charge >= 0.3 is 5.97 Å². The predicted octanol–water partition coefficient (Wildman–Crippen LogP) is 4.79. The van der Waals surface area contributed by atoms with Gasteiger partial charge in [0, 0.05) is 12.3 Å². The van der Waals surface area contributed by atoms with E-state index in [2.05, 4.69) is 19.0 Å². The number of ether oxygens (including phenoxy) is 1. The summed E-state index contributed by atoms with van der Waals surface area (Å²) in [6, 6.07) is 0. The molecule has 0 aromatic rings. The number of hydrogen-bond donors (Lipinski definition) is 1. The van der Waals surface area contributed by atoms with Crippen molar-refractivity contribution >= 4 is 11.7 Å². The zero-order valence-corrected chi connectivity index (χ0v) is 16.0. The molecule has 0 unspecified atom stereocenters. The monoisotopic (exact) mass is 347 g/mol. The summed E-state index contributed by atoms with van der Waals surface area (Å²) in [5.74, 6) is 2.84. The van der Waals surface area contributed by atoms with Gasteiger partial charge in [-0.05, 0) is 86.9 Å². The van der Waals surface area contributed by atoms with Gasteiger partial charge in [-0.1, -0.05) is 19.0 Å². The molecular formula is C21H33NO3. The Balaban J connectivity index is 1.55. The van der Waals surface area contributed by atoms with Crippen LogP contribution in [0.25, 0.3) is 0 Å². The quantitative estimate of drug-likeness (QED) is 0.421. The standard InChI is InChI=1S/C21H33NO3/c1-13(23)25-15-8-10-20(2)14(12-15)4-5-16-17-6-7-19(22-24)21(17,3)11-9-18(16)20/h14-18,24H,4-12H2,1-3H3/b22-19+/t14-,15+,16-,17-,18+,20-,21-/m0/s1. The van der Waals surface area contributed by atoms with Crippen LogP contribution in [0.15, 0.2) is 5.16 Å². The van der Waals surface area contributed by atoms with Crippen molar-refractivity contribution in [3.8, 4) is 0 Å². The lowest BCUT2D eigenvalue weighted by Gasteiger charge is -2.60. The normalized spacial score (nSPS) is 50.7. The second-order valence-electron chi connectivity index (χ2n) is 9.70. The molecule has 25 heavy (non-hydrogen) atoms. The van der Waals surface area contributed by atoms with Gasteiger partial charge in [-0.2, -0.15) is 0 Å². The minimum Gasteiger partial charge on any atom is -0.463 e. The van der Waals surface area contributed by atoms with E-state index in [-0.39, 0.29) is 17.5 Å². The Morgan fingerprint density at radius 2 is 1.92 bits per heavy atom. The summed E-state index contributed by atoms with van der Waals surface area (Å²) in [6.07, 6.45) is 10.6. The molecule has 4 saturated carbocycles. The van der Waals surface area contributed by atoms with E-state index in [1.807, 2.05) is 0 Å². The molecular weight excluding hydrogens is 314 g/mol. The fourth-order valence-electron chi connectivity index (χ4n) is 7.51. The molecule has 4 aliphatic rings. The highest BCUT2D eigenvalue weighted by Gasteiger charge is 2.59. The zero-order chi connectivity index (χ0) is 17.8. The third kappa shape index (κ3) is 2.54. The van der Waals surface area contributed by atoms with Gasteiger partial charge in [0.2, 0.25) is 0 Å². The summed E-state index contributed by atoms with van der Waals surface area (Å²) < 4.78 is 5.55. The summed E-state index contributed by atoms with van der Waals surface area (Å²) >= 11 is 0. The average Bonchev–Trinajstić information content (AvgIpc) is 2.91. The molecule has 4 nitrogen and oxygen atoms in total. The van der Waals surface area contributed by atoms with Crippen LogP contribution in [-0.4, -0.2) is 23.0 Å². The maximum Gasteiger partial charge on any atom is 0.302 e. The molecule has 0 spiro atoms. The van der Waals surface area contributed by atoms with Crippen LogP contribution in [-0.2, 0) is 9.53 Å². The predicted molar refractivity (Wildman–Crippen MR) is 96.5 cm³/mol. The molecule has 0 saturated heterocycles. The molecule has 4 rings (SSSR count). The second kappa shape index (κ2) is 5.99. The highest BCUT2D eigenvalue weighted by Crippen LogP contribution is 2.65. The van der Waals surface area contributed by atoms with Crippen LogP contribution in [0.1, 0.15) is 78.6 Å². The molecule has 0 bridgehead atoms. The summed E-state index contributed by atoms with van der Waals surface area (Å²) in [4.78, 5) is 11.3. The van der Waals surface area contributed by atoms with E-state index in [1.165, 1.54) is 45.4 Å². The van der Waals surface area contributed by atoms with Crippen LogP contribution in [0.4, 0.5) is 0 Å². The fraction of sp³-hybridized carbons (Fsp3) is 0.905. The Hall–Kier alpha value is -1.06. The molecule has 0 aromatic heterocycles. The van der Waals surface area contributed by atoms with Gasteiger partial charge in [-0.15, -0.1) is 0 Å². The van der Waals surface area contributed by atoms with E-state index in [1.54, 1.807) is 0 Å². The summed E-state index contributed by atoms with van der Waals surface area (Å²) in [5, 5.41) is 13.1. The lowest BCUT2D eigenvalue weighted by atomic mass is 9.45. The Kier molecular flexibility index (Phi) is 4.16. The highest BCUT2D eigenvalue weighted by molar-refractivity contribution is 5.91. The molecule has 0 aromatic carbocycles. The molecule has 0 radical (unpaired) electrons. The number of hydrogen-bond acceptors (Lipinski definition) is 4. The maximum absolute atomic E-state index is 11.3. The molecule has 0 amide bonds. The molecule has 4 heteroatoms. The Morgan fingerprint density at radius 1 is 1.12 bits per heavy atom. The van der Waals surface area contributed by atoms with Gasteiger partial charge in [-0.25, -0.2) is 0 Å². The van der Waals surface area contributed by atoms with Crippen molar-refractivity contribution in [3.63, 3.8) is 0 Å². The van der Waals surface area contributed by atoms with E-state index in [4.69, 9.17) is 4.74 Å². The SMILES string of the molecule is CC(=O)O[C@@H]1CC[C@@]2(C)[C@@H](CC[C@@H]3[C@H]2CC[C@]2(C)/C(=N/O)CC[C@@H]32)C1. The lowest BCUT2D eigenvalue weighted by molar-refractivity contribution is -0.158. The third-order valence-corrected chi connectivity index (χ3v) is 8.81. The van der Waals surface area contributed by atoms with Gasteiger partial charge in [-0.3, -0.25) is 4.79 Å². The first-order chi connectivity index (χ1) is 11.9. The number of esters is 1. The summed E-state index contributed by atoms with van der Waals surface area (Å²) in [5.41, 5.74) is 1.59. The molecule has 0 heterocycles. The van der Waals surface area contributed by atoms with Crippen molar-refractivity contribution in [2.75, 3.05) is 0 Å². The van der Waals surface area contributed by atoms with Gasteiger partial charge in [0.15, 0.2) is 0 Å². The van der Waals surface area contributed by atoms with E-state index in [9.17, 15) is 10.0 Å². The smallest absolute Gasteiger partial charge is 0.302 e. The molecule has 1 N–H and O–H groups in total. The van der Waals surface area contributed by atoms with Gasteiger partial charge in [0.25, 0.3) is 0 Å². The van der Waals surface area contributed by atoms with Crippen molar-refractivity contribution in [3.05, 3.63) is 0 Å². The summed E-state index contributed by atoms with van der Waals surface area (Å²) in [7, 11) is 0. The van der Waals surface area contributed by atoms with Crippen molar-refractivity contribution < 1.29 is 14.7 Å². The van der Waals surface area contributed by atoms with Gasteiger partial charge in [0.1, 0.15) is 6.10 Å². The number of fused-ring (bicyclic) bond motifs is 5. The number of oxime groups is 1. The average molecular weight is 347 g/mol. The van der Waals surface area contributed by atoms with Crippen LogP contribution >= 0.6 is 0 Å². The number of rotatable bonds is 1. The van der Waals surface area contributed by atoms with E-state index < -0.39 is 0 Å². The van der Waals surface area contributed by atoms with Gasteiger partial charge < -0.3 is 9.94 Å². The lowest BCUT2D eigenvalue weighted by Crippen LogP contribution is -2.54. The molecule has 7 atom stereocenters. The molecule has 0 aliphatic heterocycles. The minimum atomic E-state index is -0.127. The Morgan fingerprint density at radius 3 is 2.64 bits per heavy atom. The maximum atomic E-state index is 11.3. The first-order valence-electron chi connectivity index (χ1n) is 10.3. The topological polar surface area (TPSA) is 58.9 Å². The van der Waals surface area contributed by atoms with Crippen LogP contribution in [0.5, 0.6) is 0 Å². The Labute approximate surface area is 151 Å². The first kappa shape index (κ1) is 17.4. The third-order valence-electron chi connectivity index (χ3n) is 8.81. The fourth-order valence-corrected chi connectivity index (χ4v) is 7.51. The second-order valence-corrected chi connectivity index (χ2v) is 9.70. The molecule has 4 aliphatic carbocycles. The first-order valence-corrected chi connectivity index (χ1v) is 10.3. The van der Waals surface area contributed by atoms with E-state index >= 15 is 0 Å². The highest BCUT2D eigenvalue weighted by atomic mass is 16.5. The van der Waals surface area contributed by atoms with E-state index in [0.29, 0.717) is 17.3 Å². The Bertz CT molecular complexity index is 588. The van der Waals surface area contributed by atoms with Crippen molar-refractivity contribution in [1.29, 1.82) is 0 Å². The molecule has 140 valence electrons. The van der Waals surface area contributed by atoms with Crippen molar-refractivity contribution in [2.24, 2.45) is 39.7 Å². The number of carbonyl (C=O) groups excluding carboxylic acids is 1. The largest absolute Gasteiger partial charge is 0.463 e. The minimum absolute atomic E-state index is 0.127. The zero-order valence-electron chi connectivity index (χ0n) is 16.0. The molecule has 4 fully saturated rings. The van der Waals surface area contributed by atoms with E-state index in [0.717, 1.165) is 36.8 Å². The van der Waals surface area contributed by atoms with Crippen molar-refractivity contribution in [2.45, 2.75) is 84.7 Å². The summed E-state index contributed by atoms with van der Waals surface area (Å²) in [6.45, 7) is 6.41. The van der Waals surface area contributed by atoms with Crippen LogP contribution in [0.2, 0.25) is 0 Å².